The maximum Gasteiger partial charge on any atom is 0.418 e. The first-order chi connectivity index (χ1) is 15.7. The fourth-order valence-electron chi connectivity index (χ4n) is 4.41. The molecule has 0 atom stereocenters. The number of halogens is 3. The number of amides is 1. The molecule has 2 aromatic heterocycles. The molecular formula is C23H26F3N5O2. The first-order valence-corrected chi connectivity index (χ1v) is 10.8. The van der Waals surface area contributed by atoms with Crippen LogP contribution in [0.25, 0.3) is 10.9 Å². The van der Waals surface area contributed by atoms with E-state index in [0.717, 1.165) is 54.9 Å². The van der Waals surface area contributed by atoms with Crippen molar-refractivity contribution in [2.24, 2.45) is 5.92 Å². The Labute approximate surface area is 189 Å². The lowest BCUT2D eigenvalue weighted by atomic mass is 9.86. The smallest absolute Gasteiger partial charge is 0.396 e. The van der Waals surface area contributed by atoms with Gasteiger partial charge in [0.15, 0.2) is 0 Å². The molecule has 0 spiro atoms. The molecule has 1 fully saturated rings. The highest BCUT2D eigenvalue weighted by atomic mass is 19.4. The molecular weight excluding hydrogens is 435 g/mol. The zero-order valence-electron chi connectivity index (χ0n) is 18.4. The van der Waals surface area contributed by atoms with Crippen LogP contribution in [0.5, 0.6) is 0 Å². The number of hydrogen-bond acceptors (Lipinski definition) is 5. The number of fused-ring (bicyclic) bond motifs is 1. The van der Waals surface area contributed by atoms with Crippen LogP contribution in [-0.4, -0.2) is 46.5 Å². The average Bonchev–Trinajstić information content (AvgIpc) is 3.20. The Morgan fingerprint density at radius 1 is 1.24 bits per heavy atom. The van der Waals surface area contributed by atoms with E-state index in [1.54, 1.807) is 31.3 Å². The number of rotatable bonds is 5. The molecule has 0 bridgehead atoms. The van der Waals surface area contributed by atoms with Crippen LogP contribution in [-0.2, 0) is 6.18 Å². The number of pyridine rings is 1. The second-order valence-corrected chi connectivity index (χ2v) is 8.62. The van der Waals surface area contributed by atoms with Crippen LogP contribution >= 0.6 is 0 Å². The normalized spacial score (nSPS) is 19.0. The highest BCUT2D eigenvalue weighted by Crippen LogP contribution is 2.37. The summed E-state index contributed by atoms with van der Waals surface area (Å²) in [6.07, 6.45) is 1.87. The van der Waals surface area contributed by atoms with Crippen molar-refractivity contribution >= 4 is 28.2 Å². The van der Waals surface area contributed by atoms with Gasteiger partial charge in [-0.25, -0.2) is 0 Å². The van der Waals surface area contributed by atoms with Gasteiger partial charge in [-0.3, -0.25) is 14.5 Å². The summed E-state index contributed by atoms with van der Waals surface area (Å²) >= 11 is 0. The highest BCUT2D eigenvalue weighted by molar-refractivity contribution is 6.07. The second kappa shape index (κ2) is 9.01. The van der Waals surface area contributed by atoms with E-state index in [-0.39, 0.29) is 12.6 Å². The van der Waals surface area contributed by atoms with Gasteiger partial charge in [-0.15, -0.1) is 0 Å². The van der Waals surface area contributed by atoms with Crippen molar-refractivity contribution in [2.45, 2.75) is 37.9 Å². The number of aliphatic hydroxyl groups is 1. The Morgan fingerprint density at radius 3 is 2.61 bits per heavy atom. The molecule has 4 rings (SSSR count). The molecule has 1 aliphatic carbocycles. The minimum atomic E-state index is -4.69. The van der Waals surface area contributed by atoms with E-state index in [2.05, 4.69) is 15.4 Å². The Bertz CT molecular complexity index is 1150. The van der Waals surface area contributed by atoms with Gasteiger partial charge in [-0.2, -0.15) is 18.3 Å². The number of alkyl halides is 3. The predicted octanol–water partition coefficient (Wildman–Crippen LogP) is 4.49. The third-order valence-electron chi connectivity index (χ3n) is 6.19. The van der Waals surface area contributed by atoms with Crippen LogP contribution in [0.2, 0.25) is 0 Å². The van der Waals surface area contributed by atoms with Crippen LogP contribution in [0.4, 0.5) is 24.5 Å². The third kappa shape index (κ3) is 4.66. The van der Waals surface area contributed by atoms with Crippen LogP contribution in [0.1, 0.15) is 47.8 Å². The van der Waals surface area contributed by atoms with Gasteiger partial charge in [0.1, 0.15) is 5.69 Å². The molecule has 1 saturated carbocycles. The molecule has 1 aliphatic rings. The van der Waals surface area contributed by atoms with Crippen molar-refractivity contribution < 1.29 is 23.1 Å². The number of aliphatic hydroxyl groups excluding tert-OH is 1. The number of nitrogens with zero attached hydrogens (tertiary/aromatic N) is 4. The Kier molecular flexibility index (Phi) is 6.29. The number of hydrogen-bond donors (Lipinski definition) is 2. The van der Waals surface area contributed by atoms with E-state index in [0.29, 0.717) is 17.3 Å². The van der Waals surface area contributed by atoms with Gasteiger partial charge in [0.05, 0.1) is 34.7 Å². The molecule has 33 heavy (non-hydrogen) atoms. The quantitative estimate of drug-likeness (QED) is 0.585. The fraction of sp³-hybridized carbons (Fsp3) is 0.435. The van der Waals surface area contributed by atoms with Crippen LogP contribution in [0, 0.1) is 5.92 Å². The molecule has 1 amide bonds. The van der Waals surface area contributed by atoms with Crippen molar-refractivity contribution in [2.75, 3.05) is 30.9 Å². The molecule has 0 aliphatic heterocycles. The highest BCUT2D eigenvalue weighted by Gasteiger charge is 2.36. The Morgan fingerprint density at radius 2 is 1.97 bits per heavy atom. The number of carbonyl (C=O) groups excluding carboxylic acids is 1. The zero-order chi connectivity index (χ0) is 23.8. The van der Waals surface area contributed by atoms with E-state index in [9.17, 15) is 23.1 Å². The van der Waals surface area contributed by atoms with Gasteiger partial charge in [0.2, 0.25) is 0 Å². The van der Waals surface area contributed by atoms with Gasteiger partial charge < -0.3 is 15.3 Å². The molecule has 176 valence electrons. The van der Waals surface area contributed by atoms with Crippen molar-refractivity contribution in [3.8, 4) is 0 Å². The number of anilines is 2. The van der Waals surface area contributed by atoms with Crippen molar-refractivity contribution in [3.63, 3.8) is 0 Å². The number of nitrogens with one attached hydrogen (secondary N) is 1. The molecule has 0 saturated heterocycles. The summed E-state index contributed by atoms with van der Waals surface area (Å²) < 4.78 is 42.0. The van der Waals surface area contributed by atoms with Gasteiger partial charge >= 0.3 is 6.18 Å². The molecule has 2 heterocycles. The van der Waals surface area contributed by atoms with Crippen molar-refractivity contribution in [1.29, 1.82) is 0 Å². The Balaban J connectivity index is 1.67. The molecule has 0 unspecified atom stereocenters. The number of carbonyl (C=O) groups is 1. The lowest BCUT2D eigenvalue weighted by Crippen LogP contribution is -2.22. The molecule has 0 radical (unpaired) electrons. The summed E-state index contributed by atoms with van der Waals surface area (Å²) in [6.45, 7) is 0.201. The summed E-state index contributed by atoms with van der Waals surface area (Å²) in [7, 11) is 3.60. The van der Waals surface area contributed by atoms with Crippen LogP contribution in [0.3, 0.4) is 0 Å². The predicted molar refractivity (Wildman–Crippen MR) is 119 cm³/mol. The SMILES string of the molecule is CN(C)c1cc2c(cnn2C2CCC(CO)CC2)cc1NC(=O)c1ncccc1C(F)(F)F. The summed E-state index contributed by atoms with van der Waals surface area (Å²) in [4.78, 5) is 18.2. The summed E-state index contributed by atoms with van der Waals surface area (Å²) in [5.41, 5.74) is 0.149. The summed E-state index contributed by atoms with van der Waals surface area (Å²) in [6, 6.07) is 5.82. The zero-order valence-corrected chi connectivity index (χ0v) is 18.4. The lowest BCUT2D eigenvalue weighted by molar-refractivity contribution is -0.138. The van der Waals surface area contributed by atoms with E-state index in [1.807, 2.05) is 10.7 Å². The largest absolute Gasteiger partial charge is 0.418 e. The van der Waals surface area contributed by atoms with E-state index in [1.165, 1.54) is 0 Å². The monoisotopic (exact) mass is 461 g/mol. The minimum Gasteiger partial charge on any atom is -0.396 e. The molecule has 1 aromatic carbocycles. The third-order valence-corrected chi connectivity index (χ3v) is 6.19. The van der Waals surface area contributed by atoms with Crippen molar-refractivity contribution in [1.82, 2.24) is 14.8 Å². The lowest BCUT2D eigenvalue weighted by Gasteiger charge is -2.28. The Hall–Kier alpha value is -3.14. The molecule has 3 aromatic rings. The topological polar surface area (TPSA) is 83.3 Å². The maximum absolute atomic E-state index is 13.3. The number of benzene rings is 1. The van der Waals surface area contributed by atoms with Gasteiger partial charge in [-0.1, -0.05) is 0 Å². The van der Waals surface area contributed by atoms with E-state index < -0.39 is 23.3 Å². The molecule has 7 nitrogen and oxygen atoms in total. The first-order valence-electron chi connectivity index (χ1n) is 10.8. The average molecular weight is 461 g/mol. The van der Waals surface area contributed by atoms with E-state index in [4.69, 9.17) is 0 Å². The maximum atomic E-state index is 13.3. The van der Waals surface area contributed by atoms with Gasteiger partial charge in [-0.05, 0) is 55.9 Å². The van der Waals surface area contributed by atoms with Crippen LogP contribution < -0.4 is 10.2 Å². The van der Waals surface area contributed by atoms with Crippen LogP contribution in [0.15, 0.2) is 36.7 Å². The van der Waals surface area contributed by atoms with Gasteiger partial charge in [0.25, 0.3) is 5.91 Å². The summed E-state index contributed by atoms with van der Waals surface area (Å²) in [5, 5.41) is 17.3. The molecule has 2 N–H and O–H groups in total. The standard InChI is InChI=1S/C23H26F3N5O2/c1-30(2)20-11-19-15(12-28-31(19)16-7-5-14(13-32)6-8-16)10-18(20)29-22(33)21-17(23(24,25)26)4-3-9-27-21/h3-4,9-12,14,16,32H,5-8,13H2,1-2H3,(H,29,33). The minimum absolute atomic E-state index is 0.201. The second-order valence-electron chi connectivity index (χ2n) is 8.62. The van der Waals surface area contributed by atoms with Gasteiger partial charge in [0, 0.05) is 32.3 Å². The summed E-state index contributed by atoms with van der Waals surface area (Å²) in [5.74, 6) is -0.601. The first kappa shape index (κ1) is 23.0. The molecule has 10 heteroatoms. The number of aromatic nitrogens is 3. The fourth-order valence-corrected chi connectivity index (χ4v) is 4.41. The van der Waals surface area contributed by atoms with Crippen molar-refractivity contribution in [3.05, 3.63) is 47.9 Å². The van der Waals surface area contributed by atoms with E-state index >= 15 is 0 Å².